The second-order valence-electron chi connectivity index (χ2n) is 7.16. The van der Waals surface area contributed by atoms with Gasteiger partial charge >= 0.3 is 0 Å². The molecule has 0 unspecified atom stereocenters. The van der Waals surface area contributed by atoms with Crippen LogP contribution >= 0.6 is 11.6 Å². The number of aromatic nitrogens is 2. The Kier molecular flexibility index (Phi) is 6.15. The number of hydrogen-bond donors (Lipinski definition) is 3. The van der Waals surface area contributed by atoms with Crippen LogP contribution in [-0.4, -0.2) is 37.1 Å². The Bertz CT molecular complexity index is 1470. The molecule has 0 amide bonds. The number of aromatic amines is 1. The summed E-state index contributed by atoms with van der Waals surface area (Å²) in [5.41, 5.74) is 0.380. The Morgan fingerprint density at radius 3 is 2.55 bits per heavy atom. The van der Waals surface area contributed by atoms with Gasteiger partial charge in [-0.2, -0.15) is 0 Å². The highest BCUT2D eigenvalue weighted by Gasteiger charge is 2.26. The Balaban J connectivity index is 1.78. The molecule has 0 aliphatic carbocycles. The number of halogens is 3. The molecule has 0 bridgehead atoms. The number of H-pyrrole nitrogens is 1. The number of hydrogen-bond acceptors (Lipinski definition) is 5. The van der Waals surface area contributed by atoms with E-state index in [2.05, 4.69) is 15.3 Å². The van der Waals surface area contributed by atoms with Gasteiger partial charge in [-0.1, -0.05) is 23.7 Å². The van der Waals surface area contributed by atoms with Gasteiger partial charge in [0.05, 0.1) is 11.3 Å². The number of anilines is 1. The van der Waals surface area contributed by atoms with Crippen molar-refractivity contribution in [2.24, 2.45) is 0 Å². The number of benzene rings is 2. The van der Waals surface area contributed by atoms with Crippen molar-refractivity contribution in [1.29, 1.82) is 0 Å². The Morgan fingerprint density at radius 2 is 1.85 bits per heavy atom. The van der Waals surface area contributed by atoms with Crippen LogP contribution < -0.4 is 10.0 Å². The molecule has 3 N–H and O–H groups in total. The molecule has 170 valence electrons. The normalized spacial score (nSPS) is 11.6. The highest BCUT2D eigenvalue weighted by Crippen LogP contribution is 2.30. The first kappa shape index (κ1) is 22.8. The van der Waals surface area contributed by atoms with Gasteiger partial charge in [0.25, 0.3) is 0 Å². The Hall–Kier alpha value is -3.34. The van der Waals surface area contributed by atoms with Crippen molar-refractivity contribution < 1.29 is 22.0 Å². The van der Waals surface area contributed by atoms with Gasteiger partial charge in [-0.15, -0.1) is 0 Å². The number of nitrogens with one attached hydrogen (secondary N) is 3. The van der Waals surface area contributed by atoms with Crippen LogP contribution in [0.15, 0.2) is 54.9 Å². The molecule has 0 spiro atoms. The molecule has 2 aromatic heterocycles. The molecular weight excluding hydrogens is 474 g/mol. The zero-order valence-electron chi connectivity index (χ0n) is 17.1. The van der Waals surface area contributed by atoms with E-state index in [1.807, 2.05) is 4.72 Å². The molecular formula is C22H17ClF2N4O3S. The maximum Gasteiger partial charge on any atom is 0.245 e. The summed E-state index contributed by atoms with van der Waals surface area (Å²) in [7, 11) is -2.55. The molecule has 11 heteroatoms. The van der Waals surface area contributed by atoms with E-state index in [9.17, 15) is 17.6 Å². The largest absolute Gasteiger partial charge is 0.345 e. The third-order valence-corrected chi connectivity index (χ3v) is 6.32. The molecule has 2 aromatic carbocycles. The predicted molar refractivity (Wildman–Crippen MR) is 123 cm³/mol. The number of sulfonamides is 1. The zero-order chi connectivity index (χ0) is 23.8. The van der Waals surface area contributed by atoms with Crippen molar-refractivity contribution in [1.82, 2.24) is 15.3 Å². The number of pyridine rings is 1. The molecule has 0 aliphatic heterocycles. The van der Waals surface area contributed by atoms with Crippen LogP contribution in [0.1, 0.15) is 15.9 Å². The fourth-order valence-electron chi connectivity index (χ4n) is 3.36. The monoisotopic (exact) mass is 490 g/mol. The van der Waals surface area contributed by atoms with E-state index in [0.717, 1.165) is 17.7 Å². The van der Waals surface area contributed by atoms with Crippen molar-refractivity contribution in [2.45, 2.75) is 0 Å². The first-order valence-electron chi connectivity index (χ1n) is 9.61. The third-order valence-electron chi connectivity index (χ3n) is 4.87. The molecule has 0 fully saturated rings. The molecule has 4 rings (SSSR count). The van der Waals surface area contributed by atoms with Crippen LogP contribution in [-0.2, 0) is 10.0 Å². The van der Waals surface area contributed by atoms with E-state index in [1.165, 1.54) is 13.2 Å². The average Bonchev–Trinajstić information content (AvgIpc) is 3.19. The fourth-order valence-corrected chi connectivity index (χ4v) is 4.43. The SMILES string of the molecule is CNCS(=O)(=O)Nc1ccc(F)c(C(=O)c2c[nH]c3ncc(-c4ccc(Cl)cc4)cc23)c1F. The minimum absolute atomic E-state index is 0.0126. The van der Waals surface area contributed by atoms with E-state index in [4.69, 9.17) is 11.6 Å². The minimum Gasteiger partial charge on any atom is -0.345 e. The predicted octanol–water partition coefficient (Wildman–Crippen LogP) is 4.31. The summed E-state index contributed by atoms with van der Waals surface area (Å²) in [6, 6.07) is 10.4. The lowest BCUT2D eigenvalue weighted by atomic mass is 10.00. The zero-order valence-corrected chi connectivity index (χ0v) is 18.7. The van der Waals surface area contributed by atoms with Gasteiger partial charge in [-0.3, -0.25) is 9.52 Å². The first-order valence-corrected chi connectivity index (χ1v) is 11.6. The molecule has 4 aromatic rings. The molecule has 0 saturated heterocycles. The van der Waals surface area contributed by atoms with Gasteiger partial charge in [0, 0.05) is 33.9 Å². The Morgan fingerprint density at radius 1 is 1.12 bits per heavy atom. The van der Waals surface area contributed by atoms with Crippen molar-refractivity contribution in [3.8, 4) is 11.1 Å². The maximum atomic E-state index is 15.1. The van der Waals surface area contributed by atoms with E-state index < -0.39 is 44.6 Å². The molecule has 2 heterocycles. The topological polar surface area (TPSA) is 104 Å². The summed E-state index contributed by atoms with van der Waals surface area (Å²) in [5.74, 6) is -3.88. The standard InChI is InChI=1S/C22H17ClF2N4O3S/c1-26-11-33(31,32)29-18-7-6-17(24)19(20(18)25)21(30)16-10-28-22-15(16)8-13(9-27-22)12-2-4-14(23)5-3-12/h2-10,26,29H,11H2,1H3,(H,27,28). The van der Waals surface area contributed by atoms with Crippen LogP contribution in [0, 0.1) is 11.6 Å². The van der Waals surface area contributed by atoms with Gasteiger partial charge in [-0.05, 0) is 42.9 Å². The fraction of sp³-hybridized carbons (Fsp3) is 0.0909. The van der Waals surface area contributed by atoms with E-state index in [0.29, 0.717) is 21.6 Å². The van der Waals surface area contributed by atoms with Crippen LogP contribution in [0.25, 0.3) is 22.2 Å². The lowest BCUT2D eigenvalue weighted by Gasteiger charge is -2.11. The summed E-state index contributed by atoms with van der Waals surface area (Å²) in [6.45, 7) is 0. The van der Waals surface area contributed by atoms with Gasteiger partial charge in [-0.25, -0.2) is 22.2 Å². The number of carbonyl (C=O) groups is 1. The molecule has 0 atom stereocenters. The number of nitrogens with zero attached hydrogens (tertiary/aromatic N) is 1. The smallest absolute Gasteiger partial charge is 0.245 e. The number of fused-ring (bicyclic) bond motifs is 1. The summed E-state index contributed by atoms with van der Waals surface area (Å²) in [4.78, 5) is 20.3. The molecule has 0 saturated carbocycles. The Labute approximate surface area is 192 Å². The summed E-state index contributed by atoms with van der Waals surface area (Å²) in [6.07, 6.45) is 2.90. The summed E-state index contributed by atoms with van der Waals surface area (Å²) in [5, 5.41) is 3.34. The second-order valence-corrected chi connectivity index (χ2v) is 9.32. The van der Waals surface area contributed by atoms with Crippen molar-refractivity contribution in [3.63, 3.8) is 0 Å². The highest BCUT2D eigenvalue weighted by molar-refractivity contribution is 7.92. The summed E-state index contributed by atoms with van der Waals surface area (Å²) < 4.78 is 55.6. The molecule has 7 nitrogen and oxygen atoms in total. The number of carbonyl (C=O) groups excluding carboxylic acids is 1. The average molecular weight is 491 g/mol. The lowest BCUT2D eigenvalue weighted by Crippen LogP contribution is -2.26. The van der Waals surface area contributed by atoms with Crippen molar-refractivity contribution in [2.75, 3.05) is 17.6 Å². The van der Waals surface area contributed by atoms with Gasteiger partial charge in [0.1, 0.15) is 17.3 Å². The van der Waals surface area contributed by atoms with E-state index in [1.54, 1.807) is 36.5 Å². The highest BCUT2D eigenvalue weighted by atomic mass is 35.5. The van der Waals surface area contributed by atoms with Crippen molar-refractivity contribution >= 4 is 44.1 Å². The number of rotatable bonds is 7. The summed E-state index contributed by atoms with van der Waals surface area (Å²) >= 11 is 5.93. The first-order chi connectivity index (χ1) is 15.7. The molecule has 33 heavy (non-hydrogen) atoms. The maximum absolute atomic E-state index is 15.1. The van der Waals surface area contributed by atoms with E-state index >= 15 is 4.39 Å². The van der Waals surface area contributed by atoms with Crippen molar-refractivity contribution in [3.05, 3.63) is 82.6 Å². The second kappa shape index (κ2) is 8.89. The van der Waals surface area contributed by atoms with Gasteiger partial charge < -0.3 is 10.3 Å². The number of ketones is 1. The molecule has 0 radical (unpaired) electrons. The van der Waals surface area contributed by atoms with E-state index in [-0.39, 0.29) is 5.56 Å². The third kappa shape index (κ3) is 4.58. The van der Waals surface area contributed by atoms with Crippen LogP contribution in [0.2, 0.25) is 5.02 Å². The van der Waals surface area contributed by atoms with Crippen LogP contribution in [0.4, 0.5) is 14.5 Å². The van der Waals surface area contributed by atoms with Gasteiger partial charge in [0.2, 0.25) is 15.8 Å². The van der Waals surface area contributed by atoms with Gasteiger partial charge in [0.15, 0.2) is 5.82 Å². The van der Waals surface area contributed by atoms with Crippen LogP contribution in [0.5, 0.6) is 0 Å². The molecule has 0 aliphatic rings. The quantitative estimate of drug-likeness (QED) is 0.335. The van der Waals surface area contributed by atoms with Crippen LogP contribution in [0.3, 0.4) is 0 Å². The lowest BCUT2D eigenvalue weighted by molar-refractivity contribution is 0.103. The minimum atomic E-state index is -3.95.